The molecule has 2 saturated carbocycles. The molecule has 0 aromatic rings. The first-order chi connectivity index (χ1) is 8.45. The molecule has 0 bridgehead atoms. The third-order valence-corrected chi connectivity index (χ3v) is 6.05. The summed E-state index contributed by atoms with van der Waals surface area (Å²) in [4.78, 5) is 0. The van der Waals surface area contributed by atoms with E-state index >= 15 is 0 Å². The molecule has 3 nitrogen and oxygen atoms in total. The normalized spacial score (nSPS) is 31.2. The van der Waals surface area contributed by atoms with E-state index in [1.807, 2.05) is 0 Å². The Hall–Kier alpha value is -0.0900. The van der Waals surface area contributed by atoms with E-state index in [1.54, 1.807) is 0 Å². The summed E-state index contributed by atoms with van der Waals surface area (Å²) in [5.41, 5.74) is 0. The lowest BCUT2D eigenvalue weighted by molar-refractivity contribution is 0.292. The van der Waals surface area contributed by atoms with Crippen molar-refractivity contribution in [3.8, 4) is 0 Å². The molecule has 3 atom stereocenters. The van der Waals surface area contributed by atoms with Crippen LogP contribution in [0.2, 0.25) is 0 Å². The molecule has 2 aliphatic carbocycles. The van der Waals surface area contributed by atoms with Crippen molar-refractivity contribution < 1.29 is 8.42 Å². The van der Waals surface area contributed by atoms with Gasteiger partial charge < -0.3 is 5.32 Å². The molecule has 4 heteroatoms. The van der Waals surface area contributed by atoms with Crippen molar-refractivity contribution in [2.75, 3.05) is 12.8 Å². The van der Waals surface area contributed by atoms with Gasteiger partial charge in [0.25, 0.3) is 0 Å². The highest BCUT2D eigenvalue weighted by atomic mass is 32.2. The van der Waals surface area contributed by atoms with Crippen LogP contribution < -0.4 is 5.32 Å². The summed E-state index contributed by atoms with van der Waals surface area (Å²) in [5.74, 6) is 1.29. The van der Waals surface area contributed by atoms with Crippen molar-refractivity contribution in [3.63, 3.8) is 0 Å². The molecular formula is C14H27NO2S. The van der Waals surface area contributed by atoms with Gasteiger partial charge in [0.15, 0.2) is 0 Å². The van der Waals surface area contributed by atoms with Gasteiger partial charge in [0, 0.05) is 12.3 Å². The van der Waals surface area contributed by atoms with Crippen LogP contribution in [0.15, 0.2) is 0 Å². The van der Waals surface area contributed by atoms with Crippen LogP contribution in [0.4, 0.5) is 0 Å². The summed E-state index contributed by atoms with van der Waals surface area (Å²) in [6.07, 6.45) is 9.35. The van der Waals surface area contributed by atoms with Gasteiger partial charge in [-0.3, -0.25) is 0 Å². The molecule has 0 spiro atoms. The first kappa shape index (κ1) is 14.3. The maximum atomic E-state index is 11.6. The van der Waals surface area contributed by atoms with Crippen LogP contribution in [0, 0.1) is 11.8 Å². The number of hydrogen-bond donors (Lipinski definition) is 1. The van der Waals surface area contributed by atoms with Crippen LogP contribution in [0.1, 0.15) is 51.9 Å². The standard InChI is InChI=1S/C14H27NO2S/c1-11(10-15-13-6-7-13)8-12-4-3-5-14(9-12)18(2,16)17/h11-15H,3-10H2,1-2H3. The first-order valence-corrected chi connectivity index (χ1v) is 9.33. The Morgan fingerprint density at radius 3 is 2.56 bits per heavy atom. The van der Waals surface area contributed by atoms with Gasteiger partial charge in [-0.25, -0.2) is 8.42 Å². The fourth-order valence-electron chi connectivity index (χ4n) is 3.15. The second-order valence-electron chi connectivity index (χ2n) is 6.51. The van der Waals surface area contributed by atoms with Crippen LogP contribution in [-0.4, -0.2) is 32.5 Å². The van der Waals surface area contributed by atoms with E-state index in [0.29, 0.717) is 11.8 Å². The van der Waals surface area contributed by atoms with Crippen molar-refractivity contribution in [2.24, 2.45) is 11.8 Å². The van der Waals surface area contributed by atoms with Gasteiger partial charge in [-0.05, 0) is 50.5 Å². The molecule has 0 aromatic carbocycles. The minimum atomic E-state index is -2.83. The summed E-state index contributed by atoms with van der Waals surface area (Å²) in [7, 11) is -2.83. The molecule has 0 amide bonds. The molecule has 2 aliphatic rings. The maximum absolute atomic E-state index is 11.6. The van der Waals surface area contributed by atoms with Gasteiger partial charge >= 0.3 is 0 Å². The molecule has 0 aliphatic heterocycles. The predicted molar refractivity (Wildman–Crippen MR) is 75.4 cm³/mol. The highest BCUT2D eigenvalue weighted by molar-refractivity contribution is 7.91. The van der Waals surface area contributed by atoms with Crippen LogP contribution in [0.5, 0.6) is 0 Å². The molecule has 0 radical (unpaired) electrons. The monoisotopic (exact) mass is 273 g/mol. The lowest BCUT2D eigenvalue weighted by atomic mass is 9.83. The van der Waals surface area contributed by atoms with Crippen molar-refractivity contribution in [1.29, 1.82) is 0 Å². The van der Waals surface area contributed by atoms with Gasteiger partial charge in [0.2, 0.25) is 0 Å². The molecule has 0 aromatic heterocycles. The van der Waals surface area contributed by atoms with E-state index < -0.39 is 9.84 Å². The summed E-state index contributed by atoms with van der Waals surface area (Å²) in [6.45, 7) is 3.39. The molecule has 1 N–H and O–H groups in total. The van der Waals surface area contributed by atoms with Crippen LogP contribution in [0.3, 0.4) is 0 Å². The van der Waals surface area contributed by atoms with Crippen molar-refractivity contribution in [2.45, 2.75) is 63.2 Å². The quantitative estimate of drug-likeness (QED) is 0.808. The minimum absolute atomic E-state index is 0.0696. The van der Waals surface area contributed by atoms with Crippen LogP contribution in [0.25, 0.3) is 0 Å². The zero-order valence-electron chi connectivity index (χ0n) is 11.7. The first-order valence-electron chi connectivity index (χ1n) is 7.37. The Bertz CT molecular complexity index is 362. The van der Waals surface area contributed by atoms with Gasteiger partial charge in [0.05, 0.1) is 5.25 Å². The van der Waals surface area contributed by atoms with Gasteiger partial charge in [-0.1, -0.05) is 19.8 Å². The molecule has 18 heavy (non-hydrogen) atoms. The largest absolute Gasteiger partial charge is 0.314 e. The van der Waals surface area contributed by atoms with E-state index in [0.717, 1.165) is 31.8 Å². The highest BCUT2D eigenvalue weighted by Gasteiger charge is 2.29. The lowest BCUT2D eigenvalue weighted by Gasteiger charge is -2.29. The van der Waals surface area contributed by atoms with Gasteiger partial charge in [-0.2, -0.15) is 0 Å². The van der Waals surface area contributed by atoms with Crippen LogP contribution >= 0.6 is 0 Å². The summed E-state index contributed by atoms with van der Waals surface area (Å²) < 4.78 is 23.3. The van der Waals surface area contributed by atoms with Crippen LogP contribution in [-0.2, 0) is 9.84 Å². The number of sulfone groups is 1. The predicted octanol–water partition coefficient (Wildman–Crippen LogP) is 2.37. The van der Waals surface area contributed by atoms with E-state index in [1.165, 1.54) is 31.9 Å². The Labute approximate surface area is 112 Å². The zero-order valence-corrected chi connectivity index (χ0v) is 12.5. The number of nitrogens with one attached hydrogen (secondary N) is 1. The Balaban J connectivity index is 1.74. The van der Waals surface area contributed by atoms with Crippen molar-refractivity contribution in [1.82, 2.24) is 5.32 Å². The zero-order chi connectivity index (χ0) is 13.2. The Morgan fingerprint density at radius 2 is 1.94 bits per heavy atom. The van der Waals surface area contributed by atoms with E-state index in [2.05, 4.69) is 12.2 Å². The Kier molecular flexibility index (Phi) is 4.70. The minimum Gasteiger partial charge on any atom is -0.314 e. The second-order valence-corrected chi connectivity index (χ2v) is 8.83. The highest BCUT2D eigenvalue weighted by Crippen LogP contribution is 2.32. The average molecular weight is 273 g/mol. The third kappa shape index (κ3) is 4.54. The SMILES string of the molecule is CC(CNC1CC1)CC1CCCC(S(C)(=O)=O)C1. The molecular weight excluding hydrogens is 246 g/mol. The van der Waals surface area contributed by atoms with E-state index in [4.69, 9.17) is 0 Å². The number of hydrogen-bond acceptors (Lipinski definition) is 3. The molecule has 0 saturated heterocycles. The molecule has 2 rings (SSSR count). The van der Waals surface area contributed by atoms with Gasteiger partial charge in [0.1, 0.15) is 9.84 Å². The second kappa shape index (κ2) is 5.91. The molecule has 106 valence electrons. The molecule has 3 unspecified atom stereocenters. The molecule has 2 fully saturated rings. The summed E-state index contributed by atoms with van der Waals surface area (Å²) in [5, 5.41) is 3.50. The average Bonchev–Trinajstić information content (AvgIpc) is 3.09. The number of rotatable bonds is 6. The fraction of sp³-hybridized carbons (Fsp3) is 1.00. The molecule has 0 heterocycles. The van der Waals surface area contributed by atoms with Gasteiger partial charge in [-0.15, -0.1) is 0 Å². The van der Waals surface area contributed by atoms with E-state index in [9.17, 15) is 8.42 Å². The van der Waals surface area contributed by atoms with Crippen molar-refractivity contribution in [3.05, 3.63) is 0 Å². The topological polar surface area (TPSA) is 46.2 Å². The van der Waals surface area contributed by atoms with E-state index in [-0.39, 0.29) is 5.25 Å². The smallest absolute Gasteiger partial charge is 0.150 e. The lowest BCUT2D eigenvalue weighted by Crippen LogP contribution is -2.30. The third-order valence-electron chi connectivity index (χ3n) is 4.41. The Morgan fingerprint density at radius 1 is 1.22 bits per heavy atom. The van der Waals surface area contributed by atoms with Crippen molar-refractivity contribution >= 4 is 9.84 Å². The maximum Gasteiger partial charge on any atom is 0.150 e. The summed E-state index contributed by atoms with van der Waals surface area (Å²) >= 11 is 0. The fourth-order valence-corrected chi connectivity index (χ4v) is 4.37. The summed E-state index contributed by atoms with van der Waals surface area (Å²) in [6, 6.07) is 0.780.